The fourth-order valence-electron chi connectivity index (χ4n) is 3.64. The quantitative estimate of drug-likeness (QED) is 0.675. The molecule has 3 rings (SSSR count). The number of hydrogen-bond donors (Lipinski definition) is 3. The number of fused-ring (bicyclic) bond motifs is 1. The van der Waals surface area contributed by atoms with Crippen LogP contribution in [0.2, 0.25) is 0 Å². The van der Waals surface area contributed by atoms with Crippen molar-refractivity contribution in [2.75, 3.05) is 5.32 Å². The molecule has 3 atom stereocenters. The van der Waals surface area contributed by atoms with Gasteiger partial charge in [0.2, 0.25) is 11.8 Å². The monoisotopic (exact) mass is 393 g/mol. The zero-order valence-electron chi connectivity index (χ0n) is 17.5. The predicted octanol–water partition coefficient (Wildman–Crippen LogP) is 3.43. The number of aryl methyl sites for hydroxylation is 1. The van der Waals surface area contributed by atoms with Crippen LogP contribution in [-0.4, -0.2) is 23.9 Å². The Morgan fingerprint density at radius 2 is 1.76 bits per heavy atom. The molecule has 0 radical (unpaired) electrons. The predicted molar refractivity (Wildman–Crippen MR) is 117 cm³/mol. The van der Waals surface area contributed by atoms with E-state index in [1.165, 1.54) is 16.7 Å². The minimum absolute atomic E-state index is 0.0322. The molecule has 2 aromatic rings. The average molecular weight is 394 g/mol. The fraction of sp³-hybridized carbons (Fsp3) is 0.417. The van der Waals surface area contributed by atoms with E-state index in [2.05, 4.69) is 35.0 Å². The minimum atomic E-state index is -0.572. The summed E-state index contributed by atoms with van der Waals surface area (Å²) < 4.78 is 0. The number of benzene rings is 2. The second-order valence-electron chi connectivity index (χ2n) is 7.82. The molecule has 2 aromatic carbocycles. The van der Waals surface area contributed by atoms with Crippen LogP contribution in [0.5, 0.6) is 0 Å². The third-order valence-electron chi connectivity index (χ3n) is 5.82. The highest BCUT2D eigenvalue weighted by molar-refractivity contribution is 5.98. The first-order valence-electron chi connectivity index (χ1n) is 10.5. The zero-order valence-corrected chi connectivity index (χ0v) is 17.5. The summed E-state index contributed by atoms with van der Waals surface area (Å²) in [6.07, 6.45) is 2.39. The van der Waals surface area contributed by atoms with E-state index in [4.69, 9.17) is 0 Å². The summed E-state index contributed by atoms with van der Waals surface area (Å²) in [4.78, 5) is 25.9. The summed E-state index contributed by atoms with van der Waals surface area (Å²) in [5.74, 6) is -0.265. The lowest BCUT2D eigenvalue weighted by atomic mass is 9.94. The lowest BCUT2D eigenvalue weighted by Crippen LogP contribution is -2.55. The van der Waals surface area contributed by atoms with Gasteiger partial charge in [-0.15, -0.1) is 0 Å². The second kappa shape index (κ2) is 9.70. The molecule has 0 saturated carbocycles. The van der Waals surface area contributed by atoms with E-state index in [0.29, 0.717) is 13.0 Å². The Balaban J connectivity index is 1.66. The first-order valence-corrected chi connectivity index (χ1v) is 10.5. The normalized spacial score (nSPS) is 17.7. The van der Waals surface area contributed by atoms with Gasteiger partial charge in [0.1, 0.15) is 6.04 Å². The Hall–Kier alpha value is -2.66. The van der Waals surface area contributed by atoms with Gasteiger partial charge in [-0.3, -0.25) is 9.59 Å². The summed E-state index contributed by atoms with van der Waals surface area (Å²) in [5.41, 5.74) is 4.38. The zero-order chi connectivity index (χ0) is 20.8. The van der Waals surface area contributed by atoms with Gasteiger partial charge < -0.3 is 16.0 Å². The SMILES string of the molecule is CCc1ccc(NC(=O)[C@@H](NC(=O)[C@@H]2Cc3ccccc3CN2)[C@@H](C)CC)cc1. The van der Waals surface area contributed by atoms with Gasteiger partial charge in [0, 0.05) is 12.2 Å². The summed E-state index contributed by atoms with van der Waals surface area (Å²) >= 11 is 0. The largest absolute Gasteiger partial charge is 0.343 e. The van der Waals surface area contributed by atoms with E-state index in [-0.39, 0.29) is 23.8 Å². The van der Waals surface area contributed by atoms with Crippen molar-refractivity contribution in [1.82, 2.24) is 10.6 Å². The van der Waals surface area contributed by atoms with Gasteiger partial charge in [-0.25, -0.2) is 0 Å². The van der Waals surface area contributed by atoms with E-state index in [1.807, 2.05) is 50.2 Å². The van der Waals surface area contributed by atoms with E-state index in [0.717, 1.165) is 18.5 Å². The van der Waals surface area contributed by atoms with Crippen LogP contribution < -0.4 is 16.0 Å². The van der Waals surface area contributed by atoms with Gasteiger partial charge in [-0.2, -0.15) is 0 Å². The molecule has 3 N–H and O–H groups in total. The van der Waals surface area contributed by atoms with Crippen molar-refractivity contribution < 1.29 is 9.59 Å². The van der Waals surface area contributed by atoms with Crippen molar-refractivity contribution in [3.63, 3.8) is 0 Å². The Morgan fingerprint density at radius 1 is 1.07 bits per heavy atom. The van der Waals surface area contributed by atoms with Crippen LogP contribution >= 0.6 is 0 Å². The maximum atomic E-state index is 12.9. The highest BCUT2D eigenvalue weighted by Crippen LogP contribution is 2.18. The maximum Gasteiger partial charge on any atom is 0.247 e. The number of anilines is 1. The van der Waals surface area contributed by atoms with Gasteiger partial charge in [0.15, 0.2) is 0 Å². The molecule has 0 saturated heterocycles. The lowest BCUT2D eigenvalue weighted by Gasteiger charge is -2.29. The van der Waals surface area contributed by atoms with Crippen molar-refractivity contribution in [2.24, 2.45) is 5.92 Å². The summed E-state index contributed by atoms with van der Waals surface area (Å²) in [5, 5.41) is 9.25. The number of hydrogen-bond acceptors (Lipinski definition) is 3. The average Bonchev–Trinajstić information content (AvgIpc) is 2.76. The van der Waals surface area contributed by atoms with Crippen LogP contribution in [0.1, 0.15) is 43.9 Å². The topological polar surface area (TPSA) is 70.2 Å². The third-order valence-corrected chi connectivity index (χ3v) is 5.82. The first kappa shape index (κ1) is 21.1. The smallest absolute Gasteiger partial charge is 0.247 e. The van der Waals surface area contributed by atoms with Gasteiger partial charge >= 0.3 is 0 Å². The van der Waals surface area contributed by atoms with Crippen molar-refractivity contribution in [1.29, 1.82) is 0 Å². The van der Waals surface area contributed by atoms with Gasteiger partial charge in [-0.05, 0) is 47.6 Å². The van der Waals surface area contributed by atoms with Crippen LogP contribution in [0.3, 0.4) is 0 Å². The molecule has 0 unspecified atom stereocenters. The van der Waals surface area contributed by atoms with Crippen LogP contribution in [0, 0.1) is 5.92 Å². The van der Waals surface area contributed by atoms with Crippen molar-refractivity contribution >= 4 is 17.5 Å². The maximum absolute atomic E-state index is 12.9. The number of nitrogens with one attached hydrogen (secondary N) is 3. The standard InChI is InChI=1S/C24H31N3O2/c1-4-16(3)22(24(29)26-20-12-10-17(5-2)11-13-20)27-23(28)21-14-18-8-6-7-9-19(18)15-25-21/h6-13,16,21-22,25H,4-5,14-15H2,1-3H3,(H,26,29)(H,27,28)/t16-,21-,22-/m0/s1. The van der Waals surface area contributed by atoms with Crippen molar-refractivity contribution in [2.45, 2.75) is 58.7 Å². The fourth-order valence-corrected chi connectivity index (χ4v) is 3.64. The van der Waals surface area contributed by atoms with Crippen molar-refractivity contribution in [3.05, 3.63) is 65.2 Å². The highest BCUT2D eigenvalue weighted by atomic mass is 16.2. The van der Waals surface area contributed by atoms with Gasteiger partial charge in [-0.1, -0.05) is 63.6 Å². The molecule has 5 heteroatoms. The third kappa shape index (κ3) is 5.24. The molecule has 29 heavy (non-hydrogen) atoms. The molecule has 154 valence electrons. The molecular weight excluding hydrogens is 362 g/mol. The summed E-state index contributed by atoms with van der Waals surface area (Å²) in [6, 6.07) is 15.1. The van der Waals surface area contributed by atoms with Gasteiger partial charge in [0.25, 0.3) is 0 Å². The molecule has 1 aliphatic heterocycles. The minimum Gasteiger partial charge on any atom is -0.343 e. The Morgan fingerprint density at radius 3 is 2.41 bits per heavy atom. The van der Waals surface area contributed by atoms with Gasteiger partial charge in [0.05, 0.1) is 6.04 Å². The van der Waals surface area contributed by atoms with E-state index in [9.17, 15) is 9.59 Å². The molecule has 0 fully saturated rings. The van der Waals surface area contributed by atoms with Crippen LogP contribution in [0.25, 0.3) is 0 Å². The summed E-state index contributed by atoms with van der Waals surface area (Å²) in [6.45, 7) is 6.79. The van der Waals surface area contributed by atoms with E-state index in [1.54, 1.807) is 0 Å². The first-order chi connectivity index (χ1) is 14.0. The Bertz CT molecular complexity index is 847. The number of amides is 2. The Kier molecular flexibility index (Phi) is 7.04. The second-order valence-corrected chi connectivity index (χ2v) is 7.82. The van der Waals surface area contributed by atoms with Crippen LogP contribution in [0.15, 0.2) is 48.5 Å². The lowest BCUT2D eigenvalue weighted by molar-refractivity contribution is -0.129. The van der Waals surface area contributed by atoms with E-state index >= 15 is 0 Å². The molecule has 0 bridgehead atoms. The molecule has 5 nitrogen and oxygen atoms in total. The molecule has 1 heterocycles. The number of rotatable bonds is 7. The van der Waals surface area contributed by atoms with Crippen LogP contribution in [-0.2, 0) is 29.0 Å². The molecule has 2 amide bonds. The molecule has 0 spiro atoms. The molecular formula is C24H31N3O2. The molecule has 0 aromatic heterocycles. The van der Waals surface area contributed by atoms with Crippen molar-refractivity contribution in [3.8, 4) is 0 Å². The molecule has 0 aliphatic carbocycles. The summed E-state index contributed by atoms with van der Waals surface area (Å²) in [7, 11) is 0. The number of carbonyl (C=O) groups excluding carboxylic acids is 2. The Labute approximate surface area is 173 Å². The number of carbonyl (C=O) groups is 2. The molecule has 1 aliphatic rings. The highest BCUT2D eigenvalue weighted by Gasteiger charge is 2.30. The van der Waals surface area contributed by atoms with Crippen LogP contribution in [0.4, 0.5) is 5.69 Å². The van der Waals surface area contributed by atoms with E-state index < -0.39 is 6.04 Å².